The Labute approximate surface area is 247 Å². The number of benzene rings is 3. The van der Waals surface area contributed by atoms with Crippen LogP contribution in [0, 0.1) is 0 Å². The Kier molecular flexibility index (Phi) is 11.4. The summed E-state index contributed by atoms with van der Waals surface area (Å²) in [5.41, 5.74) is 1.07. The summed E-state index contributed by atoms with van der Waals surface area (Å²) in [5.74, 6) is -0.811. The molecule has 0 saturated carbocycles. The molecular formula is C30H35Cl2N3O4S. The Morgan fingerprint density at radius 1 is 0.875 bits per heavy atom. The number of nitrogens with zero attached hydrogens (tertiary/aromatic N) is 2. The lowest BCUT2D eigenvalue weighted by Gasteiger charge is -2.34. The minimum Gasteiger partial charge on any atom is -0.352 e. The second-order valence-corrected chi connectivity index (χ2v) is 12.1. The van der Waals surface area contributed by atoms with Gasteiger partial charge in [0.1, 0.15) is 12.6 Å². The van der Waals surface area contributed by atoms with Crippen LogP contribution in [0.4, 0.5) is 5.69 Å². The predicted molar refractivity (Wildman–Crippen MR) is 161 cm³/mol. The van der Waals surface area contributed by atoms with Gasteiger partial charge in [0.15, 0.2) is 0 Å². The van der Waals surface area contributed by atoms with Gasteiger partial charge in [0, 0.05) is 12.6 Å². The molecule has 0 unspecified atom stereocenters. The Balaban J connectivity index is 2.04. The monoisotopic (exact) mass is 603 g/mol. The molecule has 7 nitrogen and oxygen atoms in total. The Morgan fingerprint density at radius 3 is 2.10 bits per heavy atom. The SMILES string of the molecule is CC[C@H](C(=O)N[C@@H](C)CC)N(CCc1ccccc1)C(=O)CN(c1cccc(Cl)c1Cl)S(=O)(=O)c1ccccc1. The van der Waals surface area contributed by atoms with Crippen LogP contribution in [0.5, 0.6) is 0 Å². The second-order valence-electron chi connectivity index (χ2n) is 9.46. The van der Waals surface area contributed by atoms with E-state index in [-0.39, 0.29) is 39.1 Å². The van der Waals surface area contributed by atoms with Crippen LogP contribution in [0.1, 0.15) is 39.2 Å². The molecule has 2 atom stereocenters. The molecule has 0 aliphatic rings. The number of rotatable bonds is 13. The molecule has 0 radical (unpaired) electrons. The van der Waals surface area contributed by atoms with Crippen LogP contribution in [-0.2, 0) is 26.0 Å². The zero-order valence-electron chi connectivity index (χ0n) is 22.9. The van der Waals surface area contributed by atoms with E-state index >= 15 is 0 Å². The molecule has 0 saturated heterocycles. The minimum absolute atomic E-state index is 0.00349. The molecule has 0 bridgehead atoms. The summed E-state index contributed by atoms with van der Waals surface area (Å²) in [6.45, 7) is 5.34. The zero-order valence-corrected chi connectivity index (χ0v) is 25.2. The van der Waals surface area contributed by atoms with Gasteiger partial charge in [-0.1, -0.05) is 91.6 Å². The number of hydrogen-bond donors (Lipinski definition) is 1. The number of hydrogen-bond acceptors (Lipinski definition) is 4. The summed E-state index contributed by atoms with van der Waals surface area (Å²) in [6, 6.07) is 21.2. The number of nitrogens with one attached hydrogen (secondary N) is 1. The van der Waals surface area contributed by atoms with E-state index in [4.69, 9.17) is 23.2 Å². The van der Waals surface area contributed by atoms with E-state index in [1.807, 2.05) is 51.1 Å². The lowest BCUT2D eigenvalue weighted by atomic mass is 10.1. The summed E-state index contributed by atoms with van der Waals surface area (Å²) < 4.78 is 28.7. The van der Waals surface area contributed by atoms with Gasteiger partial charge in [-0.15, -0.1) is 0 Å². The van der Waals surface area contributed by atoms with Gasteiger partial charge >= 0.3 is 0 Å². The van der Waals surface area contributed by atoms with Gasteiger partial charge in [0.2, 0.25) is 11.8 Å². The molecule has 40 heavy (non-hydrogen) atoms. The first-order valence-electron chi connectivity index (χ1n) is 13.3. The van der Waals surface area contributed by atoms with Crippen LogP contribution in [0.2, 0.25) is 10.0 Å². The number of anilines is 1. The molecule has 214 valence electrons. The molecule has 2 amide bonds. The van der Waals surface area contributed by atoms with Crippen LogP contribution in [-0.4, -0.2) is 50.3 Å². The average molecular weight is 605 g/mol. The highest BCUT2D eigenvalue weighted by molar-refractivity contribution is 7.92. The topological polar surface area (TPSA) is 86.8 Å². The lowest BCUT2D eigenvalue weighted by molar-refractivity contribution is -0.139. The number of carbonyl (C=O) groups excluding carboxylic acids is 2. The Bertz CT molecular complexity index is 1390. The molecule has 0 spiro atoms. The van der Waals surface area contributed by atoms with E-state index in [1.54, 1.807) is 30.3 Å². The summed E-state index contributed by atoms with van der Waals surface area (Å²) in [5, 5.41) is 3.13. The van der Waals surface area contributed by atoms with Crippen LogP contribution in [0.25, 0.3) is 0 Å². The zero-order chi connectivity index (χ0) is 29.3. The molecule has 0 fully saturated rings. The van der Waals surface area contributed by atoms with Gasteiger partial charge in [-0.2, -0.15) is 0 Å². The fourth-order valence-electron chi connectivity index (χ4n) is 4.26. The molecule has 1 N–H and O–H groups in total. The van der Waals surface area contributed by atoms with Gasteiger partial charge in [-0.25, -0.2) is 8.42 Å². The molecule has 0 aromatic heterocycles. The van der Waals surface area contributed by atoms with Crippen LogP contribution >= 0.6 is 23.2 Å². The van der Waals surface area contributed by atoms with Crippen LogP contribution < -0.4 is 9.62 Å². The van der Waals surface area contributed by atoms with Gasteiger partial charge in [0.05, 0.1) is 20.6 Å². The molecular weight excluding hydrogens is 569 g/mol. The smallest absolute Gasteiger partial charge is 0.264 e. The molecule has 3 aromatic carbocycles. The molecule has 3 rings (SSSR count). The Morgan fingerprint density at radius 2 is 1.50 bits per heavy atom. The largest absolute Gasteiger partial charge is 0.352 e. The highest BCUT2D eigenvalue weighted by atomic mass is 35.5. The van der Waals surface area contributed by atoms with Crippen molar-refractivity contribution < 1.29 is 18.0 Å². The lowest BCUT2D eigenvalue weighted by Crippen LogP contribution is -2.54. The fraction of sp³-hybridized carbons (Fsp3) is 0.333. The second kappa shape index (κ2) is 14.5. The molecule has 0 heterocycles. The van der Waals surface area contributed by atoms with Crippen LogP contribution in [0.3, 0.4) is 0 Å². The quantitative estimate of drug-likeness (QED) is 0.261. The third kappa shape index (κ3) is 7.77. The number of carbonyl (C=O) groups is 2. The third-order valence-electron chi connectivity index (χ3n) is 6.68. The molecule has 0 aliphatic carbocycles. The van der Waals surface area contributed by atoms with Crippen molar-refractivity contribution in [3.63, 3.8) is 0 Å². The van der Waals surface area contributed by atoms with Gasteiger partial charge < -0.3 is 10.2 Å². The maximum Gasteiger partial charge on any atom is 0.264 e. The Hall–Kier alpha value is -3.07. The first-order valence-corrected chi connectivity index (χ1v) is 15.4. The van der Waals surface area contributed by atoms with Crippen molar-refractivity contribution in [2.24, 2.45) is 0 Å². The van der Waals surface area contributed by atoms with E-state index < -0.39 is 28.5 Å². The number of sulfonamides is 1. The molecule has 0 aliphatic heterocycles. The average Bonchev–Trinajstić information content (AvgIpc) is 2.96. The van der Waals surface area contributed by atoms with E-state index in [1.165, 1.54) is 23.1 Å². The van der Waals surface area contributed by atoms with Gasteiger partial charge in [-0.05, 0) is 56.0 Å². The van der Waals surface area contributed by atoms with Crippen molar-refractivity contribution >= 4 is 50.7 Å². The van der Waals surface area contributed by atoms with Crippen molar-refractivity contribution in [3.05, 3.63) is 94.5 Å². The minimum atomic E-state index is -4.22. The van der Waals surface area contributed by atoms with E-state index in [0.717, 1.165) is 16.3 Å². The van der Waals surface area contributed by atoms with Crippen molar-refractivity contribution in [1.29, 1.82) is 0 Å². The standard InChI is InChI=1S/C30H35Cl2N3O4S/c1-4-22(3)33-30(37)26(5-2)34(20-19-23-13-8-6-9-14-23)28(36)21-35(27-18-12-17-25(31)29(27)32)40(38,39)24-15-10-7-11-16-24/h6-18,22,26H,4-5,19-21H2,1-3H3,(H,33,37)/t22-,26+/m0/s1. The number of halogens is 2. The fourth-order valence-corrected chi connectivity index (χ4v) is 6.15. The normalized spacial score (nSPS) is 12.8. The van der Waals surface area contributed by atoms with Crippen molar-refractivity contribution in [2.45, 2.75) is 57.0 Å². The van der Waals surface area contributed by atoms with Crippen molar-refractivity contribution in [1.82, 2.24) is 10.2 Å². The van der Waals surface area contributed by atoms with Crippen molar-refractivity contribution in [3.8, 4) is 0 Å². The van der Waals surface area contributed by atoms with E-state index in [9.17, 15) is 18.0 Å². The summed E-state index contributed by atoms with van der Waals surface area (Å²) in [6.07, 6.45) is 1.58. The van der Waals surface area contributed by atoms with E-state index in [2.05, 4.69) is 5.32 Å². The summed E-state index contributed by atoms with van der Waals surface area (Å²) in [7, 11) is -4.22. The maximum atomic E-state index is 14.0. The van der Waals surface area contributed by atoms with E-state index in [0.29, 0.717) is 12.8 Å². The molecule has 3 aromatic rings. The maximum absolute atomic E-state index is 14.0. The van der Waals surface area contributed by atoms with Gasteiger partial charge in [-0.3, -0.25) is 13.9 Å². The summed E-state index contributed by atoms with van der Waals surface area (Å²) >= 11 is 12.7. The summed E-state index contributed by atoms with van der Waals surface area (Å²) in [4.78, 5) is 28.8. The van der Waals surface area contributed by atoms with Gasteiger partial charge in [0.25, 0.3) is 10.0 Å². The molecule has 10 heteroatoms. The predicted octanol–water partition coefficient (Wildman–Crippen LogP) is 5.95. The van der Waals surface area contributed by atoms with Crippen LogP contribution in [0.15, 0.2) is 83.8 Å². The highest BCUT2D eigenvalue weighted by Gasteiger charge is 2.34. The third-order valence-corrected chi connectivity index (χ3v) is 9.26. The first kappa shape index (κ1) is 31.5. The number of amides is 2. The highest BCUT2D eigenvalue weighted by Crippen LogP contribution is 2.35. The van der Waals surface area contributed by atoms with Crippen molar-refractivity contribution in [2.75, 3.05) is 17.4 Å². The first-order chi connectivity index (χ1) is 19.1.